The maximum absolute atomic E-state index is 13.6. The molecule has 0 bridgehead atoms. The Labute approximate surface area is 192 Å². The molecular formula is C27H25FN2O3. The minimum absolute atomic E-state index is 0.134. The number of hydrogen-bond acceptors (Lipinski definition) is 4. The first-order valence-electron chi connectivity index (χ1n) is 10.9. The Bertz CT molecular complexity index is 1210. The molecule has 168 valence electrons. The maximum atomic E-state index is 13.6. The molecular weight excluding hydrogens is 419 g/mol. The van der Waals surface area contributed by atoms with Gasteiger partial charge < -0.3 is 10.1 Å². The van der Waals surface area contributed by atoms with E-state index >= 15 is 0 Å². The largest absolute Gasteiger partial charge is 0.489 e. The molecule has 4 rings (SSSR count). The zero-order chi connectivity index (χ0) is 23.5. The van der Waals surface area contributed by atoms with Crippen LogP contribution in [0.4, 0.5) is 15.8 Å². The molecule has 1 aliphatic heterocycles. The summed E-state index contributed by atoms with van der Waals surface area (Å²) in [5.74, 6) is -0.993. The molecule has 0 aromatic heterocycles. The second kappa shape index (κ2) is 9.28. The monoisotopic (exact) mass is 444 g/mol. The number of carbonyl (C=O) groups excluding carboxylic acids is 2. The Morgan fingerprint density at radius 2 is 1.58 bits per heavy atom. The molecule has 0 atom stereocenters. The number of para-hydroxylation sites is 2. The van der Waals surface area contributed by atoms with Crippen LogP contribution in [0, 0.1) is 5.82 Å². The van der Waals surface area contributed by atoms with Crippen LogP contribution in [-0.4, -0.2) is 17.9 Å². The van der Waals surface area contributed by atoms with E-state index in [1.165, 1.54) is 24.3 Å². The Kier molecular flexibility index (Phi) is 6.27. The molecule has 3 aromatic carbocycles. The van der Waals surface area contributed by atoms with Gasteiger partial charge in [0.1, 0.15) is 17.3 Å². The van der Waals surface area contributed by atoms with E-state index in [0.717, 1.165) is 16.9 Å². The van der Waals surface area contributed by atoms with Gasteiger partial charge in [-0.1, -0.05) is 43.3 Å². The van der Waals surface area contributed by atoms with Crippen LogP contribution in [0.5, 0.6) is 5.75 Å². The first kappa shape index (κ1) is 22.3. The summed E-state index contributed by atoms with van der Waals surface area (Å²) < 4.78 is 19.4. The van der Waals surface area contributed by atoms with E-state index in [4.69, 9.17) is 4.74 Å². The summed E-state index contributed by atoms with van der Waals surface area (Å²) >= 11 is 0. The lowest BCUT2D eigenvalue weighted by Gasteiger charge is -2.20. The number of amides is 2. The smallest absolute Gasteiger partial charge is 0.282 e. The van der Waals surface area contributed by atoms with Gasteiger partial charge in [-0.3, -0.25) is 9.59 Å². The number of anilines is 2. The number of nitrogens with zero attached hydrogens (tertiary/aromatic N) is 1. The van der Waals surface area contributed by atoms with Crippen molar-refractivity contribution < 1.29 is 18.7 Å². The summed E-state index contributed by atoms with van der Waals surface area (Å²) in [5.41, 5.74) is 2.96. The van der Waals surface area contributed by atoms with Crippen LogP contribution in [0.1, 0.15) is 31.9 Å². The van der Waals surface area contributed by atoms with E-state index in [0.29, 0.717) is 22.7 Å². The molecule has 0 saturated carbocycles. The lowest BCUT2D eigenvalue weighted by molar-refractivity contribution is -0.120. The second-order valence-corrected chi connectivity index (χ2v) is 8.01. The zero-order valence-corrected chi connectivity index (χ0v) is 18.8. The third-order valence-electron chi connectivity index (χ3n) is 5.32. The number of hydrogen-bond donors (Lipinski definition) is 1. The second-order valence-electron chi connectivity index (χ2n) is 8.01. The third-order valence-corrected chi connectivity index (χ3v) is 5.32. The van der Waals surface area contributed by atoms with E-state index in [9.17, 15) is 14.0 Å². The summed E-state index contributed by atoms with van der Waals surface area (Å²) in [6.45, 7) is 5.81. The standard InChI is InChI=1S/C27H25FN2O3/c1-4-18-9-15-21(16-10-18)29-25-24(19-11-13-20(28)14-12-19)26(31)30(27(25)32)22-7-5-6-8-23(22)33-17(2)3/h5-17,29H,4H2,1-3H3. The minimum atomic E-state index is -0.501. The molecule has 0 fully saturated rings. The number of imide groups is 1. The fourth-order valence-electron chi connectivity index (χ4n) is 3.71. The van der Waals surface area contributed by atoms with Crippen molar-refractivity contribution >= 4 is 28.8 Å². The lowest BCUT2D eigenvalue weighted by Crippen LogP contribution is -2.33. The summed E-state index contributed by atoms with van der Waals surface area (Å²) in [5, 5.41) is 3.13. The number of aryl methyl sites for hydroxylation is 1. The highest BCUT2D eigenvalue weighted by molar-refractivity contribution is 6.46. The minimum Gasteiger partial charge on any atom is -0.489 e. The van der Waals surface area contributed by atoms with Crippen molar-refractivity contribution in [1.29, 1.82) is 0 Å². The van der Waals surface area contributed by atoms with E-state index in [1.54, 1.807) is 24.3 Å². The lowest BCUT2D eigenvalue weighted by atomic mass is 10.0. The van der Waals surface area contributed by atoms with Gasteiger partial charge in [0.15, 0.2) is 0 Å². The summed E-state index contributed by atoms with van der Waals surface area (Å²) in [6.07, 6.45) is 0.750. The normalized spacial score (nSPS) is 13.8. The van der Waals surface area contributed by atoms with Gasteiger partial charge in [-0.2, -0.15) is 0 Å². The molecule has 0 spiro atoms. The first-order chi connectivity index (χ1) is 15.9. The summed E-state index contributed by atoms with van der Waals surface area (Å²) in [6, 6.07) is 20.1. The van der Waals surface area contributed by atoms with Gasteiger partial charge in [-0.15, -0.1) is 0 Å². The van der Waals surface area contributed by atoms with Gasteiger partial charge in [-0.25, -0.2) is 9.29 Å². The highest BCUT2D eigenvalue weighted by Crippen LogP contribution is 2.38. The fourth-order valence-corrected chi connectivity index (χ4v) is 3.71. The SMILES string of the molecule is CCc1ccc(NC2=C(c3ccc(F)cc3)C(=O)N(c3ccccc3OC(C)C)C2=O)cc1. The molecule has 33 heavy (non-hydrogen) atoms. The van der Waals surface area contributed by atoms with Gasteiger partial charge in [0.05, 0.1) is 17.4 Å². The van der Waals surface area contributed by atoms with Crippen LogP contribution in [-0.2, 0) is 16.0 Å². The van der Waals surface area contributed by atoms with Crippen molar-refractivity contribution in [2.45, 2.75) is 33.3 Å². The van der Waals surface area contributed by atoms with E-state index in [2.05, 4.69) is 12.2 Å². The van der Waals surface area contributed by atoms with Crippen molar-refractivity contribution in [2.24, 2.45) is 0 Å². The van der Waals surface area contributed by atoms with Crippen LogP contribution >= 0.6 is 0 Å². The molecule has 0 saturated heterocycles. The quantitative estimate of drug-likeness (QED) is 0.484. The number of carbonyl (C=O) groups is 2. The van der Waals surface area contributed by atoms with E-state index < -0.39 is 17.6 Å². The highest BCUT2D eigenvalue weighted by Gasteiger charge is 2.41. The highest BCUT2D eigenvalue weighted by atomic mass is 19.1. The van der Waals surface area contributed by atoms with Crippen LogP contribution in [0.2, 0.25) is 0 Å². The molecule has 1 aliphatic rings. The van der Waals surface area contributed by atoms with E-state index in [1.807, 2.05) is 38.1 Å². The topological polar surface area (TPSA) is 58.6 Å². The van der Waals surface area contributed by atoms with Gasteiger partial charge in [0.2, 0.25) is 0 Å². The van der Waals surface area contributed by atoms with E-state index in [-0.39, 0.29) is 17.4 Å². The first-order valence-corrected chi connectivity index (χ1v) is 10.9. The molecule has 6 heteroatoms. The zero-order valence-electron chi connectivity index (χ0n) is 18.8. The molecule has 1 N–H and O–H groups in total. The average molecular weight is 445 g/mol. The molecule has 0 radical (unpaired) electrons. The van der Waals surface area contributed by atoms with Crippen LogP contribution in [0.3, 0.4) is 0 Å². The molecule has 3 aromatic rings. The molecule has 0 aliphatic carbocycles. The summed E-state index contributed by atoms with van der Waals surface area (Å²) in [4.78, 5) is 28.3. The van der Waals surface area contributed by atoms with Crippen molar-refractivity contribution in [1.82, 2.24) is 0 Å². The van der Waals surface area contributed by atoms with Crippen molar-refractivity contribution in [3.05, 3.63) is 95.4 Å². The predicted octanol–water partition coefficient (Wildman–Crippen LogP) is 5.57. The maximum Gasteiger partial charge on any atom is 0.282 e. The number of benzene rings is 3. The molecule has 1 heterocycles. The van der Waals surface area contributed by atoms with Crippen LogP contribution < -0.4 is 15.0 Å². The predicted molar refractivity (Wildman–Crippen MR) is 127 cm³/mol. The summed E-state index contributed by atoms with van der Waals surface area (Å²) in [7, 11) is 0. The van der Waals surface area contributed by atoms with Gasteiger partial charge >= 0.3 is 0 Å². The van der Waals surface area contributed by atoms with Crippen LogP contribution in [0.25, 0.3) is 5.57 Å². The Morgan fingerprint density at radius 3 is 2.21 bits per heavy atom. The van der Waals surface area contributed by atoms with Crippen LogP contribution in [0.15, 0.2) is 78.5 Å². The Hall–Kier alpha value is -3.93. The molecule has 0 unspecified atom stereocenters. The average Bonchev–Trinajstić information content (AvgIpc) is 3.04. The molecule has 2 amide bonds. The van der Waals surface area contributed by atoms with Gasteiger partial charge in [0, 0.05) is 5.69 Å². The number of ether oxygens (including phenoxy) is 1. The van der Waals surface area contributed by atoms with Crippen molar-refractivity contribution in [3.8, 4) is 5.75 Å². The van der Waals surface area contributed by atoms with Crippen molar-refractivity contribution in [2.75, 3.05) is 10.2 Å². The van der Waals surface area contributed by atoms with Gasteiger partial charge in [-0.05, 0) is 67.8 Å². The third kappa shape index (κ3) is 4.51. The van der Waals surface area contributed by atoms with Crippen molar-refractivity contribution in [3.63, 3.8) is 0 Å². The number of rotatable bonds is 7. The number of nitrogens with one attached hydrogen (secondary N) is 1. The Morgan fingerprint density at radius 1 is 0.909 bits per heavy atom. The number of halogens is 1. The molecule has 5 nitrogen and oxygen atoms in total. The fraction of sp³-hybridized carbons (Fsp3) is 0.185. The Balaban J connectivity index is 1.80. The van der Waals surface area contributed by atoms with Gasteiger partial charge in [0.25, 0.3) is 11.8 Å².